The van der Waals surface area contributed by atoms with Crippen molar-refractivity contribution in [3.63, 3.8) is 0 Å². The smallest absolute Gasteiger partial charge is 0.255 e. The van der Waals surface area contributed by atoms with E-state index in [2.05, 4.69) is 5.32 Å². The van der Waals surface area contributed by atoms with Crippen LogP contribution in [0.4, 0.5) is 5.69 Å². The Morgan fingerprint density at radius 1 is 1.19 bits per heavy atom. The minimum absolute atomic E-state index is 0.210. The number of nitrogens with one attached hydrogen (secondary N) is 1. The van der Waals surface area contributed by atoms with Gasteiger partial charge >= 0.3 is 0 Å². The molecule has 2 rings (SSSR count). The molecule has 3 N–H and O–H groups in total. The van der Waals surface area contributed by atoms with Gasteiger partial charge in [-0.2, -0.15) is 0 Å². The molecule has 4 nitrogen and oxygen atoms in total. The first-order valence-electron chi connectivity index (χ1n) is 6.37. The molecule has 2 aromatic rings. The van der Waals surface area contributed by atoms with Crippen LogP contribution in [0.15, 0.2) is 42.5 Å². The second kappa shape index (κ2) is 6.37. The first-order chi connectivity index (χ1) is 10.0. The summed E-state index contributed by atoms with van der Waals surface area (Å²) in [5, 5.41) is 2.84. The normalized spacial score (nSPS) is 10.0. The monoisotopic (exact) mass is 300 g/mol. The largest absolute Gasteiger partial charge is 0.496 e. The number of methoxy groups -OCH3 is 1. The highest BCUT2D eigenvalue weighted by Crippen LogP contribution is 2.21. The number of hydrogen-bond acceptors (Lipinski definition) is 3. The lowest BCUT2D eigenvalue weighted by atomic mass is 10.1. The fourth-order valence-electron chi connectivity index (χ4n) is 1.97. The van der Waals surface area contributed by atoms with Crippen molar-refractivity contribution in [2.24, 2.45) is 5.73 Å². The molecule has 0 saturated heterocycles. The fourth-order valence-corrected chi connectivity index (χ4v) is 2.10. The van der Waals surface area contributed by atoms with Crippen LogP contribution in [-0.2, 0) is 0 Å². The Labute approximate surface area is 128 Å². The SMILES string of the molecule is COc1ccc(NC(=O)c2cccc(C(N)=S)c2)cc1C. The van der Waals surface area contributed by atoms with Gasteiger partial charge in [-0.3, -0.25) is 4.79 Å². The average Bonchev–Trinajstić information content (AvgIpc) is 2.47. The maximum Gasteiger partial charge on any atom is 0.255 e. The van der Waals surface area contributed by atoms with Gasteiger partial charge in [-0.25, -0.2) is 0 Å². The van der Waals surface area contributed by atoms with Gasteiger partial charge in [0.25, 0.3) is 5.91 Å². The predicted octanol–water partition coefficient (Wildman–Crippen LogP) is 2.89. The van der Waals surface area contributed by atoms with E-state index in [4.69, 9.17) is 22.7 Å². The van der Waals surface area contributed by atoms with Gasteiger partial charge in [0.2, 0.25) is 0 Å². The number of carbonyl (C=O) groups excluding carboxylic acids is 1. The van der Waals surface area contributed by atoms with E-state index in [1.807, 2.05) is 19.1 Å². The lowest BCUT2D eigenvalue weighted by molar-refractivity contribution is 0.102. The number of aryl methyl sites for hydroxylation is 1. The molecule has 0 aliphatic rings. The van der Waals surface area contributed by atoms with Crippen molar-refractivity contribution in [3.05, 3.63) is 59.2 Å². The maximum absolute atomic E-state index is 12.2. The Kier molecular flexibility index (Phi) is 4.55. The summed E-state index contributed by atoms with van der Waals surface area (Å²) in [5.41, 5.74) is 8.41. The van der Waals surface area contributed by atoms with E-state index >= 15 is 0 Å². The van der Waals surface area contributed by atoms with Crippen LogP contribution in [0.5, 0.6) is 5.75 Å². The number of amides is 1. The van der Waals surface area contributed by atoms with Gasteiger partial charge in [0.1, 0.15) is 10.7 Å². The van der Waals surface area contributed by atoms with Gasteiger partial charge in [0, 0.05) is 16.8 Å². The number of carbonyl (C=O) groups is 1. The molecule has 2 aromatic carbocycles. The van der Waals surface area contributed by atoms with Gasteiger partial charge < -0.3 is 15.8 Å². The van der Waals surface area contributed by atoms with Crippen molar-refractivity contribution in [2.45, 2.75) is 6.92 Å². The molecule has 0 saturated carbocycles. The Bertz CT molecular complexity index is 698. The van der Waals surface area contributed by atoms with E-state index in [1.54, 1.807) is 37.4 Å². The van der Waals surface area contributed by atoms with E-state index in [0.717, 1.165) is 11.3 Å². The third-order valence-corrected chi connectivity index (χ3v) is 3.30. The molecule has 0 atom stereocenters. The molecule has 0 heterocycles. The highest BCUT2D eigenvalue weighted by atomic mass is 32.1. The molecule has 21 heavy (non-hydrogen) atoms. The quantitative estimate of drug-likeness (QED) is 0.852. The molecular formula is C16H16N2O2S. The van der Waals surface area contributed by atoms with E-state index < -0.39 is 0 Å². The number of thiocarbonyl (C=S) groups is 1. The van der Waals surface area contributed by atoms with Crippen LogP contribution >= 0.6 is 12.2 Å². The molecule has 0 aromatic heterocycles. The predicted molar refractivity (Wildman–Crippen MR) is 88.0 cm³/mol. The lowest BCUT2D eigenvalue weighted by Crippen LogP contribution is -2.14. The van der Waals surface area contributed by atoms with Gasteiger partial charge in [-0.05, 0) is 42.8 Å². The number of nitrogens with two attached hydrogens (primary N) is 1. The summed E-state index contributed by atoms with van der Waals surface area (Å²) in [6.45, 7) is 1.92. The zero-order valence-corrected chi connectivity index (χ0v) is 12.7. The average molecular weight is 300 g/mol. The Morgan fingerprint density at radius 3 is 2.52 bits per heavy atom. The number of rotatable bonds is 4. The Balaban J connectivity index is 2.20. The van der Waals surface area contributed by atoms with E-state index in [1.165, 1.54) is 0 Å². The third-order valence-electron chi connectivity index (χ3n) is 3.06. The van der Waals surface area contributed by atoms with E-state index in [0.29, 0.717) is 16.8 Å². The molecule has 1 amide bonds. The highest BCUT2D eigenvalue weighted by Gasteiger charge is 2.08. The summed E-state index contributed by atoms with van der Waals surface area (Å²) in [7, 11) is 1.61. The van der Waals surface area contributed by atoms with Crippen LogP contribution in [-0.4, -0.2) is 18.0 Å². The van der Waals surface area contributed by atoms with Crippen molar-refractivity contribution >= 4 is 28.8 Å². The minimum Gasteiger partial charge on any atom is -0.496 e. The summed E-state index contributed by atoms with van der Waals surface area (Å²) >= 11 is 4.91. The molecule has 0 spiro atoms. The van der Waals surface area contributed by atoms with Crippen LogP contribution in [0, 0.1) is 6.92 Å². The van der Waals surface area contributed by atoms with E-state index in [9.17, 15) is 4.79 Å². The van der Waals surface area contributed by atoms with Crippen molar-refractivity contribution in [1.29, 1.82) is 0 Å². The fraction of sp³-hybridized carbons (Fsp3) is 0.125. The first-order valence-corrected chi connectivity index (χ1v) is 6.78. The summed E-state index contributed by atoms with van der Waals surface area (Å²) in [6, 6.07) is 12.4. The summed E-state index contributed by atoms with van der Waals surface area (Å²) in [6.07, 6.45) is 0. The zero-order chi connectivity index (χ0) is 15.4. The zero-order valence-electron chi connectivity index (χ0n) is 11.8. The molecular weight excluding hydrogens is 284 g/mol. The van der Waals surface area contributed by atoms with Crippen LogP contribution in [0.25, 0.3) is 0 Å². The topological polar surface area (TPSA) is 64.3 Å². The van der Waals surface area contributed by atoms with Crippen molar-refractivity contribution < 1.29 is 9.53 Å². The van der Waals surface area contributed by atoms with E-state index in [-0.39, 0.29) is 10.9 Å². The van der Waals surface area contributed by atoms with Crippen LogP contribution in [0.2, 0.25) is 0 Å². The second-order valence-electron chi connectivity index (χ2n) is 4.58. The third kappa shape index (κ3) is 3.58. The van der Waals surface area contributed by atoms with Gasteiger partial charge in [-0.15, -0.1) is 0 Å². The minimum atomic E-state index is -0.210. The lowest BCUT2D eigenvalue weighted by Gasteiger charge is -2.09. The summed E-state index contributed by atoms with van der Waals surface area (Å²) < 4.78 is 5.19. The second-order valence-corrected chi connectivity index (χ2v) is 5.02. The molecule has 0 radical (unpaired) electrons. The summed E-state index contributed by atoms with van der Waals surface area (Å²) in [5.74, 6) is 0.571. The Morgan fingerprint density at radius 2 is 1.90 bits per heavy atom. The number of anilines is 1. The molecule has 5 heteroatoms. The molecule has 0 aliphatic carbocycles. The number of benzene rings is 2. The van der Waals surface area contributed by atoms with Gasteiger partial charge in [-0.1, -0.05) is 24.4 Å². The molecule has 108 valence electrons. The van der Waals surface area contributed by atoms with Crippen molar-refractivity contribution in [2.75, 3.05) is 12.4 Å². The van der Waals surface area contributed by atoms with Gasteiger partial charge in [0.15, 0.2) is 0 Å². The van der Waals surface area contributed by atoms with Crippen LogP contribution < -0.4 is 15.8 Å². The summed E-state index contributed by atoms with van der Waals surface area (Å²) in [4.78, 5) is 12.5. The highest BCUT2D eigenvalue weighted by molar-refractivity contribution is 7.80. The Hall–Kier alpha value is -2.40. The van der Waals surface area contributed by atoms with Crippen molar-refractivity contribution in [3.8, 4) is 5.75 Å². The molecule has 0 unspecified atom stereocenters. The van der Waals surface area contributed by atoms with Crippen LogP contribution in [0.3, 0.4) is 0 Å². The standard InChI is InChI=1S/C16H16N2O2S/c1-10-8-13(6-7-14(10)20-2)18-16(19)12-5-3-4-11(9-12)15(17)21/h3-9H,1-2H3,(H2,17,21)(H,18,19). The van der Waals surface area contributed by atoms with Crippen molar-refractivity contribution in [1.82, 2.24) is 0 Å². The molecule has 0 bridgehead atoms. The van der Waals surface area contributed by atoms with Gasteiger partial charge in [0.05, 0.1) is 7.11 Å². The molecule has 0 fully saturated rings. The number of ether oxygens (including phenoxy) is 1. The maximum atomic E-state index is 12.2. The van der Waals surface area contributed by atoms with Crippen LogP contribution in [0.1, 0.15) is 21.5 Å². The molecule has 0 aliphatic heterocycles. The number of hydrogen-bond donors (Lipinski definition) is 2. The first kappa shape index (κ1) is 15.0.